The Labute approximate surface area is 303 Å². The lowest BCUT2D eigenvalue weighted by atomic mass is 10.0. The van der Waals surface area contributed by atoms with E-state index >= 15 is 0 Å². The fourth-order valence-corrected chi connectivity index (χ4v) is 5.66. The molecule has 1 fully saturated rings. The van der Waals surface area contributed by atoms with Crippen molar-refractivity contribution in [3.05, 3.63) is 77.4 Å². The maximum atomic E-state index is 13.4. The van der Waals surface area contributed by atoms with Crippen molar-refractivity contribution in [3.8, 4) is 28.7 Å². The quantitative estimate of drug-likeness (QED) is 0.138. The number of carbonyl (C=O) groups is 4. The Hall–Kier alpha value is -5.50. The van der Waals surface area contributed by atoms with E-state index in [1.165, 1.54) is 21.3 Å². The highest BCUT2D eigenvalue weighted by atomic mass is 16.5. The third kappa shape index (κ3) is 11.8. The van der Waals surface area contributed by atoms with Crippen molar-refractivity contribution in [3.63, 3.8) is 0 Å². The van der Waals surface area contributed by atoms with Crippen LogP contribution < -0.4 is 34.3 Å². The number of ether oxygens (including phenoxy) is 7. The third-order valence-electron chi connectivity index (χ3n) is 8.17. The van der Waals surface area contributed by atoms with Gasteiger partial charge < -0.3 is 48.7 Å². The van der Waals surface area contributed by atoms with E-state index in [0.29, 0.717) is 59.4 Å². The van der Waals surface area contributed by atoms with Crippen LogP contribution in [0, 0.1) is 0 Å². The van der Waals surface area contributed by atoms with Gasteiger partial charge in [0.2, 0.25) is 11.7 Å². The summed E-state index contributed by atoms with van der Waals surface area (Å²) in [6.45, 7) is 0.870. The minimum absolute atomic E-state index is 0.0321. The number of carbonyl (C=O) groups excluding carboxylic acids is 4. The second-order valence-electron chi connectivity index (χ2n) is 11.9. The molecule has 1 saturated heterocycles. The molecule has 0 aromatic heterocycles. The van der Waals surface area contributed by atoms with Crippen LogP contribution in [0.5, 0.6) is 28.7 Å². The fraction of sp³-hybridized carbons (Fsp3) is 0.421. The molecule has 0 saturated carbocycles. The summed E-state index contributed by atoms with van der Waals surface area (Å²) in [4.78, 5) is 52.7. The van der Waals surface area contributed by atoms with E-state index in [9.17, 15) is 19.2 Å². The van der Waals surface area contributed by atoms with Gasteiger partial charge in [-0.3, -0.25) is 14.4 Å². The van der Waals surface area contributed by atoms with E-state index in [1.807, 2.05) is 12.1 Å². The van der Waals surface area contributed by atoms with Gasteiger partial charge in [-0.1, -0.05) is 24.3 Å². The number of likely N-dealkylation sites (tertiary alicyclic amines) is 1. The van der Waals surface area contributed by atoms with E-state index in [4.69, 9.17) is 33.2 Å². The highest BCUT2D eigenvalue weighted by Crippen LogP contribution is 2.38. The topological polar surface area (TPSA) is 160 Å². The highest BCUT2D eigenvalue weighted by Gasteiger charge is 2.33. The van der Waals surface area contributed by atoms with Crippen LogP contribution in [-0.4, -0.2) is 95.9 Å². The molecule has 3 aromatic rings. The number of hydrogen-bond acceptors (Lipinski definition) is 11. The van der Waals surface area contributed by atoms with E-state index in [1.54, 1.807) is 60.5 Å². The smallest absolute Gasteiger partial charge is 0.329 e. The highest BCUT2D eigenvalue weighted by molar-refractivity contribution is 5.86. The molecule has 14 heteroatoms. The van der Waals surface area contributed by atoms with Gasteiger partial charge in [-0.2, -0.15) is 0 Å². The molecule has 1 aliphatic rings. The lowest BCUT2D eigenvalue weighted by Gasteiger charge is -2.34. The molecular formula is C38H47N3O11. The van der Waals surface area contributed by atoms with Gasteiger partial charge in [-0.05, 0) is 72.4 Å². The first-order valence-electron chi connectivity index (χ1n) is 16.9. The van der Waals surface area contributed by atoms with Crippen molar-refractivity contribution >= 4 is 23.7 Å². The van der Waals surface area contributed by atoms with Crippen molar-refractivity contribution in [2.75, 3.05) is 61.3 Å². The van der Waals surface area contributed by atoms with Crippen molar-refractivity contribution in [2.45, 2.75) is 44.9 Å². The minimum Gasteiger partial charge on any atom is -0.493 e. The number of esters is 1. The summed E-state index contributed by atoms with van der Waals surface area (Å²) in [5.74, 6) is 0.907. The average Bonchev–Trinajstić information content (AvgIpc) is 3.17. The van der Waals surface area contributed by atoms with Gasteiger partial charge in [0.1, 0.15) is 24.1 Å². The summed E-state index contributed by atoms with van der Waals surface area (Å²) in [7, 11) is 6.13. The standard InChI is InChI=1S/C38H47N3O11/c1-46-22-26-9-7-11-29(17-26)50-24-34(42)39-14-15-40-35(43)25-51-30-12-8-10-27(18-30)23-52-38(45)31-13-5-6-16-41(31)36(44)21-28-19-32(47-2)37(49-4)33(20-28)48-3/h7-12,17-20,31H,5-6,13-16,21-25H2,1-4H3,(H,39,42)(H,40,43). The Morgan fingerprint density at radius 3 is 1.83 bits per heavy atom. The largest absolute Gasteiger partial charge is 0.493 e. The molecule has 1 unspecified atom stereocenters. The number of hydrogen-bond donors (Lipinski definition) is 2. The monoisotopic (exact) mass is 721 g/mol. The third-order valence-corrected chi connectivity index (χ3v) is 8.17. The van der Waals surface area contributed by atoms with Gasteiger partial charge in [0.25, 0.3) is 11.8 Å². The van der Waals surface area contributed by atoms with Crippen LogP contribution in [0.2, 0.25) is 0 Å². The number of methoxy groups -OCH3 is 4. The van der Waals surface area contributed by atoms with E-state index < -0.39 is 12.0 Å². The first-order chi connectivity index (χ1) is 25.2. The minimum atomic E-state index is -0.707. The van der Waals surface area contributed by atoms with Crippen molar-refractivity contribution in [2.24, 2.45) is 0 Å². The van der Waals surface area contributed by atoms with Crippen LogP contribution in [0.25, 0.3) is 0 Å². The first kappa shape index (κ1) is 39.3. The summed E-state index contributed by atoms with van der Waals surface area (Å²) in [5.41, 5.74) is 2.26. The summed E-state index contributed by atoms with van der Waals surface area (Å²) < 4.78 is 38.1. The number of nitrogens with zero attached hydrogens (tertiary/aromatic N) is 1. The molecule has 0 spiro atoms. The second-order valence-corrected chi connectivity index (χ2v) is 11.9. The molecule has 14 nitrogen and oxygen atoms in total. The zero-order valence-corrected chi connectivity index (χ0v) is 30.1. The molecule has 1 atom stereocenters. The molecule has 280 valence electrons. The average molecular weight is 722 g/mol. The summed E-state index contributed by atoms with van der Waals surface area (Å²) in [5, 5.41) is 5.37. The normalized spacial score (nSPS) is 13.8. The SMILES string of the molecule is COCc1cccc(OCC(=O)NCCNC(=O)COc2cccc(COC(=O)C3CCCCN3C(=O)Cc3cc(OC)c(OC)c(OC)c3)c2)c1. The maximum Gasteiger partial charge on any atom is 0.329 e. The van der Waals surface area contributed by atoms with E-state index in [0.717, 1.165) is 18.4 Å². The van der Waals surface area contributed by atoms with Crippen LogP contribution in [-0.2, 0) is 48.3 Å². The molecule has 0 bridgehead atoms. The van der Waals surface area contributed by atoms with E-state index in [-0.39, 0.29) is 57.1 Å². The molecule has 1 aliphatic heterocycles. The summed E-state index contributed by atoms with van der Waals surface area (Å²) >= 11 is 0. The van der Waals surface area contributed by atoms with Crippen molar-refractivity contribution in [1.82, 2.24) is 15.5 Å². The Bertz CT molecular complexity index is 1640. The summed E-state index contributed by atoms with van der Waals surface area (Å²) in [6.07, 6.45) is 2.12. The lowest BCUT2D eigenvalue weighted by molar-refractivity contribution is -0.158. The number of amides is 3. The Kier molecular flexibility index (Phi) is 15.4. The molecule has 2 N–H and O–H groups in total. The number of nitrogens with one attached hydrogen (secondary N) is 2. The Morgan fingerprint density at radius 2 is 1.29 bits per heavy atom. The molecule has 0 radical (unpaired) electrons. The number of benzene rings is 3. The van der Waals surface area contributed by atoms with Gasteiger partial charge in [-0.25, -0.2) is 4.79 Å². The fourth-order valence-electron chi connectivity index (χ4n) is 5.66. The molecule has 0 aliphatic carbocycles. The number of rotatable bonds is 19. The van der Waals surface area contributed by atoms with Gasteiger partial charge in [0.15, 0.2) is 24.7 Å². The molecular weight excluding hydrogens is 674 g/mol. The zero-order valence-electron chi connectivity index (χ0n) is 30.1. The summed E-state index contributed by atoms with van der Waals surface area (Å²) in [6, 6.07) is 16.9. The maximum absolute atomic E-state index is 13.4. The molecule has 1 heterocycles. The zero-order chi connectivity index (χ0) is 37.3. The van der Waals surface area contributed by atoms with Crippen LogP contribution in [0.1, 0.15) is 36.0 Å². The molecule has 4 rings (SSSR count). The Morgan fingerprint density at radius 1 is 0.712 bits per heavy atom. The van der Waals surface area contributed by atoms with Crippen LogP contribution in [0.4, 0.5) is 0 Å². The molecule has 52 heavy (non-hydrogen) atoms. The Balaban J connectivity index is 1.18. The van der Waals surface area contributed by atoms with Crippen molar-refractivity contribution < 1.29 is 52.3 Å². The van der Waals surface area contributed by atoms with E-state index in [2.05, 4.69) is 10.6 Å². The first-order valence-corrected chi connectivity index (χ1v) is 16.9. The molecule has 3 aromatic carbocycles. The van der Waals surface area contributed by atoms with Gasteiger partial charge >= 0.3 is 5.97 Å². The van der Waals surface area contributed by atoms with Crippen LogP contribution >= 0.6 is 0 Å². The van der Waals surface area contributed by atoms with Gasteiger partial charge in [-0.15, -0.1) is 0 Å². The molecule has 3 amide bonds. The second kappa shape index (κ2) is 20.4. The predicted octanol–water partition coefficient (Wildman–Crippen LogP) is 3.22. The van der Waals surface area contributed by atoms with Crippen LogP contribution in [0.3, 0.4) is 0 Å². The van der Waals surface area contributed by atoms with Gasteiger partial charge in [0.05, 0.1) is 34.4 Å². The van der Waals surface area contributed by atoms with Gasteiger partial charge in [0, 0.05) is 26.7 Å². The van der Waals surface area contributed by atoms with Crippen molar-refractivity contribution in [1.29, 1.82) is 0 Å². The predicted molar refractivity (Wildman–Crippen MR) is 190 cm³/mol. The lowest BCUT2D eigenvalue weighted by Crippen LogP contribution is -2.49. The number of piperidine rings is 1. The van der Waals surface area contributed by atoms with Crippen LogP contribution in [0.15, 0.2) is 60.7 Å².